The zero-order chi connectivity index (χ0) is 26.9. The van der Waals surface area contributed by atoms with Crippen LogP contribution in [0.4, 0.5) is 15.8 Å². The summed E-state index contributed by atoms with van der Waals surface area (Å²) in [7, 11) is 0. The molecule has 5 rings (SSSR count). The number of nitrogens with zero attached hydrogens (tertiary/aromatic N) is 3. The Balaban J connectivity index is 1.28. The Kier molecular flexibility index (Phi) is 7.18. The number of aryl methyl sites for hydroxylation is 1. The second-order valence-electron chi connectivity index (χ2n) is 10.4. The van der Waals surface area contributed by atoms with Gasteiger partial charge < -0.3 is 25.0 Å². The van der Waals surface area contributed by atoms with E-state index < -0.39 is 23.3 Å². The first-order valence-electron chi connectivity index (χ1n) is 13.2. The molecule has 0 spiro atoms. The van der Waals surface area contributed by atoms with Crippen molar-refractivity contribution in [3.63, 3.8) is 0 Å². The second-order valence-corrected chi connectivity index (χ2v) is 10.4. The zero-order valence-electron chi connectivity index (χ0n) is 21.4. The van der Waals surface area contributed by atoms with Crippen LogP contribution in [0.1, 0.15) is 67.6 Å². The Labute approximate surface area is 219 Å². The molecule has 2 aliphatic heterocycles. The summed E-state index contributed by atoms with van der Waals surface area (Å²) in [4.78, 5) is 55.3. The summed E-state index contributed by atoms with van der Waals surface area (Å²) >= 11 is 0. The number of halogens is 1. The number of nitrogens with one attached hydrogen (secondary N) is 2. The second kappa shape index (κ2) is 10.5. The van der Waals surface area contributed by atoms with Gasteiger partial charge in [-0.05, 0) is 50.8 Å². The van der Waals surface area contributed by atoms with Crippen molar-refractivity contribution in [2.75, 3.05) is 29.4 Å². The highest BCUT2D eigenvalue weighted by atomic mass is 19.1. The molecule has 2 saturated heterocycles. The van der Waals surface area contributed by atoms with Crippen molar-refractivity contribution >= 4 is 34.9 Å². The maximum absolute atomic E-state index is 14.1. The number of amides is 3. The predicted molar refractivity (Wildman–Crippen MR) is 136 cm³/mol. The predicted octanol–water partition coefficient (Wildman–Crippen LogP) is 2.65. The molecule has 3 amide bonds. The molecule has 10 nitrogen and oxygen atoms in total. The molecule has 1 aromatic heterocycles. The summed E-state index contributed by atoms with van der Waals surface area (Å²) in [6, 6.07) is 5.07. The van der Waals surface area contributed by atoms with E-state index in [-0.39, 0.29) is 29.8 Å². The molecule has 202 valence electrons. The van der Waals surface area contributed by atoms with Crippen LogP contribution in [0.25, 0.3) is 0 Å². The molecule has 0 radical (unpaired) electrons. The maximum Gasteiger partial charge on any atom is 0.274 e. The fourth-order valence-electron chi connectivity index (χ4n) is 5.68. The lowest BCUT2D eigenvalue weighted by Crippen LogP contribution is -2.63. The SMILES string of the molecule is Cc1cc(C(=O)NC2(C(=O)NC3CCN(c4ccc(F)cc4N4CCCC4=O)CC3=O)CCCCC2)no1. The first kappa shape index (κ1) is 25.9. The van der Waals surface area contributed by atoms with Crippen LogP contribution in [0, 0.1) is 12.7 Å². The van der Waals surface area contributed by atoms with Crippen molar-refractivity contribution in [2.45, 2.75) is 69.9 Å². The lowest BCUT2D eigenvalue weighted by molar-refractivity contribution is -0.133. The first-order chi connectivity index (χ1) is 18.3. The summed E-state index contributed by atoms with van der Waals surface area (Å²) in [5.41, 5.74) is 0.0736. The molecule has 3 fully saturated rings. The first-order valence-corrected chi connectivity index (χ1v) is 13.2. The van der Waals surface area contributed by atoms with Gasteiger partial charge in [0.2, 0.25) is 11.8 Å². The van der Waals surface area contributed by atoms with Crippen molar-refractivity contribution in [1.82, 2.24) is 15.8 Å². The minimum absolute atomic E-state index is 0.0170. The topological polar surface area (TPSA) is 125 Å². The quantitative estimate of drug-likeness (QED) is 0.594. The van der Waals surface area contributed by atoms with Crippen LogP contribution < -0.4 is 20.4 Å². The summed E-state index contributed by atoms with van der Waals surface area (Å²) < 4.78 is 19.1. The molecule has 0 bridgehead atoms. The van der Waals surface area contributed by atoms with E-state index in [0.29, 0.717) is 62.3 Å². The third-order valence-electron chi connectivity index (χ3n) is 7.73. The van der Waals surface area contributed by atoms with E-state index in [4.69, 9.17) is 4.52 Å². The normalized spacial score (nSPS) is 21.5. The van der Waals surface area contributed by atoms with E-state index in [1.54, 1.807) is 17.9 Å². The number of carbonyl (C=O) groups excluding carboxylic acids is 4. The summed E-state index contributed by atoms with van der Waals surface area (Å²) in [5, 5.41) is 9.54. The van der Waals surface area contributed by atoms with Gasteiger partial charge in [-0.25, -0.2) is 4.39 Å². The molecule has 1 unspecified atom stereocenters. The number of carbonyl (C=O) groups is 4. The number of anilines is 2. The summed E-state index contributed by atoms with van der Waals surface area (Å²) in [5.74, 6) is -1.06. The lowest BCUT2D eigenvalue weighted by Gasteiger charge is -2.39. The number of Topliss-reactive ketones (excluding diaryl/α,β-unsaturated/α-hetero) is 1. The summed E-state index contributed by atoms with van der Waals surface area (Å²) in [6.07, 6.45) is 4.93. The highest BCUT2D eigenvalue weighted by Gasteiger charge is 2.43. The number of aromatic nitrogens is 1. The van der Waals surface area contributed by atoms with Gasteiger partial charge in [-0.2, -0.15) is 0 Å². The molecule has 3 aliphatic rings. The lowest BCUT2D eigenvalue weighted by atomic mass is 9.80. The van der Waals surface area contributed by atoms with Crippen LogP contribution in [0.2, 0.25) is 0 Å². The number of rotatable bonds is 6. The average molecular weight is 526 g/mol. The number of hydrogen-bond acceptors (Lipinski definition) is 7. The zero-order valence-corrected chi connectivity index (χ0v) is 21.4. The molecular weight excluding hydrogens is 493 g/mol. The van der Waals surface area contributed by atoms with Crippen LogP contribution in [0.3, 0.4) is 0 Å². The largest absolute Gasteiger partial charge is 0.362 e. The highest BCUT2D eigenvalue weighted by Crippen LogP contribution is 2.35. The monoisotopic (exact) mass is 525 g/mol. The van der Waals surface area contributed by atoms with Crippen LogP contribution >= 0.6 is 0 Å². The molecule has 2 N–H and O–H groups in total. The van der Waals surface area contributed by atoms with Crippen molar-refractivity contribution in [2.24, 2.45) is 0 Å². The van der Waals surface area contributed by atoms with Gasteiger partial charge in [0.05, 0.1) is 24.0 Å². The third kappa shape index (κ3) is 5.14. The van der Waals surface area contributed by atoms with Crippen molar-refractivity contribution in [1.29, 1.82) is 0 Å². The van der Waals surface area contributed by atoms with E-state index in [0.717, 1.165) is 19.3 Å². The Morgan fingerprint density at radius 3 is 2.53 bits per heavy atom. The maximum atomic E-state index is 14.1. The molecule has 3 heterocycles. The standard InChI is InChI=1S/C27H32FN5O5/c1-17-14-20(31-38-17)25(36)30-27(10-3-2-4-11-27)26(37)29-19-9-13-32(16-23(19)34)21-8-7-18(28)15-22(21)33-12-5-6-24(33)35/h7-8,14-15,19H,2-6,9-13,16H2,1H3,(H,29,37)(H,30,36). The molecule has 1 aromatic carbocycles. The fraction of sp³-hybridized carbons (Fsp3) is 0.519. The van der Waals surface area contributed by atoms with Gasteiger partial charge in [-0.15, -0.1) is 0 Å². The van der Waals surface area contributed by atoms with E-state index in [1.165, 1.54) is 18.2 Å². The van der Waals surface area contributed by atoms with E-state index in [2.05, 4.69) is 15.8 Å². The Morgan fingerprint density at radius 2 is 1.87 bits per heavy atom. The molecule has 11 heteroatoms. The van der Waals surface area contributed by atoms with E-state index in [1.807, 2.05) is 4.90 Å². The minimum atomic E-state index is -1.13. The van der Waals surface area contributed by atoms with Gasteiger partial charge in [0.1, 0.15) is 17.1 Å². The van der Waals surface area contributed by atoms with Crippen molar-refractivity contribution < 1.29 is 28.1 Å². The molecule has 1 saturated carbocycles. The molecule has 1 atom stereocenters. The average Bonchev–Trinajstić information content (AvgIpc) is 3.53. The van der Waals surface area contributed by atoms with Gasteiger partial charge in [-0.1, -0.05) is 24.4 Å². The minimum Gasteiger partial charge on any atom is -0.362 e. The summed E-state index contributed by atoms with van der Waals surface area (Å²) in [6.45, 7) is 2.65. The van der Waals surface area contributed by atoms with Gasteiger partial charge in [0.15, 0.2) is 11.5 Å². The van der Waals surface area contributed by atoms with E-state index >= 15 is 0 Å². The number of hydrogen-bond donors (Lipinski definition) is 2. The molecular formula is C27H32FN5O5. The third-order valence-corrected chi connectivity index (χ3v) is 7.73. The van der Waals surface area contributed by atoms with Crippen LogP contribution in [0.5, 0.6) is 0 Å². The van der Waals surface area contributed by atoms with Crippen LogP contribution in [0.15, 0.2) is 28.8 Å². The fourth-order valence-corrected chi connectivity index (χ4v) is 5.68. The Morgan fingerprint density at radius 1 is 1.08 bits per heavy atom. The van der Waals surface area contributed by atoms with Gasteiger partial charge in [0, 0.05) is 25.6 Å². The number of benzene rings is 1. The highest BCUT2D eigenvalue weighted by molar-refractivity contribution is 6.01. The van der Waals surface area contributed by atoms with Gasteiger partial charge >= 0.3 is 0 Å². The van der Waals surface area contributed by atoms with Gasteiger partial charge in [-0.3, -0.25) is 19.2 Å². The van der Waals surface area contributed by atoms with Crippen molar-refractivity contribution in [3.05, 3.63) is 41.5 Å². The number of piperidine rings is 1. The van der Waals surface area contributed by atoms with Crippen LogP contribution in [-0.4, -0.2) is 59.9 Å². The molecule has 2 aromatic rings. The smallest absolute Gasteiger partial charge is 0.274 e. The van der Waals surface area contributed by atoms with E-state index in [9.17, 15) is 23.6 Å². The number of ketones is 1. The molecule has 1 aliphatic carbocycles. The van der Waals surface area contributed by atoms with Gasteiger partial charge in [0.25, 0.3) is 5.91 Å². The molecule has 38 heavy (non-hydrogen) atoms. The van der Waals surface area contributed by atoms with Crippen LogP contribution in [-0.2, 0) is 14.4 Å². The van der Waals surface area contributed by atoms with Crippen molar-refractivity contribution in [3.8, 4) is 0 Å². The Bertz CT molecular complexity index is 1250. The Hall–Kier alpha value is -3.76.